The quantitative estimate of drug-likeness (QED) is 0.859. The predicted octanol–water partition coefficient (Wildman–Crippen LogP) is 4.52. The number of nitrogens with one attached hydrogen (secondary N) is 1. The minimum Gasteiger partial charge on any atom is -0.376 e. The Hall–Kier alpha value is -1.03. The van der Waals surface area contributed by atoms with E-state index in [4.69, 9.17) is 17.3 Å². The average molecular weight is 340 g/mol. The summed E-state index contributed by atoms with van der Waals surface area (Å²) < 4.78 is 1.03. The van der Waals surface area contributed by atoms with Crippen molar-refractivity contribution >= 4 is 33.2 Å². The highest BCUT2D eigenvalue weighted by Crippen LogP contribution is 2.28. The molecule has 2 aromatic carbocycles. The van der Waals surface area contributed by atoms with Crippen LogP contribution in [0, 0.1) is 6.92 Å². The number of halogens is 2. The Morgan fingerprint density at radius 3 is 2.74 bits per heavy atom. The van der Waals surface area contributed by atoms with Crippen molar-refractivity contribution in [2.24, 2.45) is 5.73 Å². The van der Waals surface area contributed by atoms with Crippen LogP contribution in [-0.2, 0) is 0 Å². The van der Waals surface area contributed by atoms with Crippen molar-refractivity contribution in [1.29, 1.82) is 0 Å². The van der Waals surface area contributed by atoms with Crippen molar-refractivity contribution in [3.63, 3.8) is 0 Å². The molecule has 1 atom stereocenters. The molecule has 0 aromatic heterocycles. The fourth-order valence-corrected chi connectivity index (χ4v) is 2.50. The molecule has 0 amide bonds. The van der Waals surface area contributed by atoms with E-state index in [0.29, 0.717) is 6.54 Å². The van der Waals surface area contributed by atoms with Gasteiger partial charge in [0.2, 0.25) is 0 Å². The van der Waals surface area contributed by atoms with Gasteiger partial charge >= 0.3 is 0 Å². The van der Waals surface area contributed by atoms with Crippen molar-refractivity contribution in [2.45, 2.75) is 13.0 Å². The van der Waals surface area contributed by atoms with Gasteiger partial charge in [-0.15, -0.1) is 0 Å². The summed E-state index contributed by atoms with van der Waals surface area (Å²) in [6.07, 6.45) is 0. The van der Waals surface area contributed by atoms with E-state index in [1.807, 2.05) is 30.3 Å². The van der Waals surface area contributed by atoms with E-state index in [-0.39, 0.29) is 6.04 Å². The normalized spacial score (nSPS) is 12.2. The van der Waals surface area contributed by atoms with E-state index < -0.39 is 0 Å². The van der Waals surface area contributed by atoms with Crippen molar-refractivity contribution < 1.29 is 0 Å². The van der Waals surface area contributed by atoms with Crippen molar-refractivity contribution in [3.8, 4) is 0 Å². The standard InChI is InChI=1S/C15H16BrClN2/c1-10-5-6-13(16)14(7-10)19-15(9-18)11-3-2-4-12(17)8-11/h2-8,15,19H,9,18H2,1H3. The fourth-order valence-electron chi connectivity index (χ4n) is 1.94. The third kappa shape index (κ3) is 3.72. The Labute approximate surface area is 127 Å². The Morgan fingerprint density at radius 2 is 2.05 bits per heavy atom. The van der Waals surface area contributed by atoms with Gasteiger partial charge in [0.1, 0.15) is 0 Å². The molecule has 0 saturated carbocycles. The van der Waals surface area contributed by atoms with Gasteiger partial charge < -0.3 is 11.1 Å². The lowest BCUT2D eigenvalue weighted by Gasteiger charge is -2.20. The highest BCUT2D eigenvalue weighted by molar-refractivity contribution is 9.10. The van der Waals surface area contributed by atoms with Gasteiger partial charge in [0.15, 0.2) is 0 Å². The summed E-state index contributed by atoms with van der Waals surface area (Å²) in [6, 6.07) is 14.0. The SMILES string of the molecule is Cc1ccc(Br)c(NC(CN)c2cccc(Cl)c2)c1. The highest BCUT2D eigenvalue weighted by atomic mass is 79.9. The molecule has 0 saturated heterocycles. The molecule has 1 unspecified atom stereocenters. The van der Waals surface area contributed by atoms with Gasteiger partial charge in [0, 0.05) is 21.7 Å². The number of rotatable bonds is 4. The van der Waals surface area contributed by atoms with Crippen LogP contribution in [-0.4, -0.2) is 6.54 Å². The Bertz CT molecular complexity index is 572. The van der Waals surface area contributed by atoms with E-state index >= 15 is 0 Å². The minimum atomic E-state index is 0.0387. The smallest absolute Gasteiger partial charge is 0.0637 e. The molecule has 0 radical (unpaired) electrons. The summed E-state index contributed by atoms with van der Waals surface area (Å²) in [6.45, 7) is 2.56. The third-order valence-electron chi connectivity index (χ3n) is 2.94. The van der Waals surface area contributed by atoms with Gasteiger partial charge in [-0.05, 0) is 58.2 Å². The van der Waals surface area contributed by atoms with Crippen LogP contribution in [0.2, 0.25) is 5.02 Å². The summed E-state index contributed by atoms with van der Waals surface area (Å²) in [5, 5.41) is 4.17. The zero-order valence-electron chi connectivity index (χ0n) is 10.7. The Kier molecular flexibility index (Phi) is 4.86. The molecule has 3 N–H and O–H groups in total. The highest BCUT2D eigenvalue weighted by Gasteiger charge is 2.11. The molecule has 2 aromatic rings. The second-order valence-corrected chi connectivity index (χ2v) is 5.76. The van der Waals surface area contributed by atoms with E-state index in [9.17, 15) is 0 Å². The Morgan fingerprint density at radius 1 is 1.26 bits per heavy atom. The van der Waals surface area contributed by atoms with Gasteiger partial charge in [-0.25, -0.2) is 0 Å². The van der Waals surface area contributed by atoms with Crippen LogP contribution in [0.3, 0.4) is 0 Å². The summed E-state index contributed by atoms with van der Waals surface area (Å²) in [5.74, 6) is 0. The lowest BCUT2D eigenvalue weighted by atomic mass is 10.1. The lowest BCUT2D eigenvalue weighted by Crippen LogP contribution is -2.20. The van der Waals surface area contributed by atoms with Gasteiger partial charge in [-0.2, -0.15) is 0 Å². The van der Waals surface area contributed by atoms with Crippen LogP contribution >= 0.6 is 27.5 Å². The van der Waals surface area contributed by atoms with E-state index in [0.717, 1.165) is 20.7 Å². The van der Waals surface area contributed by atoms with Gasteiger partial charge in [-0.1, -0.05) is 29.8 Å². The zero-order chi connectivity index (χ0) is 13.8. The summed E-state index contributed by atoms with van der Waals surface area (Å²) >= 11 is 9.57. The molecular formula is C15H16BrClN2. The van der Waals surface area contributed by atoms with Crippen LogP contribution in [0.15, 0.2) is 46.9 Å². The molecule has 19 heavy (non-hydrogen) atoms. The molecule has 2 rings (SSSR count). The lowest BCUT2D eigenvalue weighted by molar-refractivity contribution is 0.789. The van der Waals surface area contributed by atoms with Gasteiger partial charge in [-0.3, -0.25) is 0 Å². The van der Waals surface area contributed by atoms with Crippen molar-refractivity contribution in [2.75, 3.05) is 11.9 Å². The topological polar surface area (TPSA) is 38.0 Å². The van der Waals surface area contributed by atoms with Crippen LogP contribution < -0.4 is 11.1 Å². The number of hydrogen-bond donors (Lipinski definition) is 2. The van der Waals surface area contributed by atoms with Crippen molar-refractivity contribution in [3.05, 3.63) is 63.1 Å². The largest absolute Gasteiger partial charge is 0.376 e. The maximum absolute atomic E-state index is 6.03. The molecule has 0 aliphatic heterocycles. The van der Waals surface area contributed by atoms with Crippen LogP contribution in [0.25, 0.3) is 0 Å². The Balaban J connectivity index is 2.26. The van der Waals surface area contributed by atoms with Crippen LogP contribution in [0.5, 0.6) is 0 Å². The number of anilines is 1. The van der Waals surface area contributed by atoms with Gasteiger partial charge in [0.25, 0.3) is 0 Å². The molecule has 0 aliphatic carbocycles. The first-order valence-electron chi connectivity index (χ1n) is 6.08. The molecule has 2 nitrogen and oxygen atoms in total. The summed E-state index contributed by atoms with van der Waals surface area (Å²) in [5.41, 5.74) is 9.20. The fraction of sp³-hybridized carbons (Fsp3) is 0.200. The molecule has 4 heteroatoms. The first kappa shape index (κ1) is 14.4. The molecular weight excluding hydrogens is 324 g/mol. The number of nitrogens with two attached hydrogens (primary N) is 1. The van der Waals surface area contributed by atoms with E-state index in [1.165, 1.54) is 5.56 Å². The van der Waals surface area contributed by atoms with Gasteiger partial charge in [0.05, 0.1) is 6.04 Å². The predicted molar refractivity (Wildman–Crippen MR) is 85.7 cm³/mol. The number of aryl methyl sites for hydroxylation is 1. The minimum absolute atomic E-state index is 0.0387. The number of hydrogen-bond acceptors (Lipinski definition) is 2. The molecule has 0 spiro atoms. The molecule has 0 heterocycles. The maximum Gasteiger partial charge on any atom is 0.0637 e. The summed E-state index contributed by atoms with van der Waals surface area (Å²) in [4.78, 5) is 0. The molecule has 0 fully saturated rings. The summed E-state index contributed by atoms with van der Waals surface area (Å²) in [7, 11) is 0. The number of benzene rings is 2. The van der Waals surface area contributed by atoms with E-state index in [2.05, 4.69) is 40.3 Å². The molecule has 100 valence electrons. The monoisotopic (exact) mass is 338 g/mol. The zero-order valence-corrected chi connectivity index (χ0v) is 13.0. The van der Waals surface area contributed by atoms with Crippen molar-refractivity contribution in [1.82, 2.24) is 0 Å². The molecule has 0 aliphatic rings. The molecule has 0 bridgehead atoms. The second-order valence-electron chi connectivity index (χ2n) is 4.47. The third-order valence-corrected chi connectivity index (χ3v) is 3.86. The van der Waals surface area contributed by atoms with Crippen LogP contribution in [0.1, 0.15) is 17.2 Å². The maximum atomic E-state index is 6.03. The average Bonchev–Trinajstić information content (AvgIpc) is 2.39. The first-order valence-corrected chi connectivity index (χ1v) is 7.25. The van der Waals surface area contributed by atoms with E-state index in [1.54, 1.807) is 0 Å². The second kappa shape index (κ2) is 6.42. The van der Waals surface area contributed by atoms with Crippen LogP contribution in [0.4, 0.5) is 5.69 Å². The first-order chi connectivity index (χ1) is 9.10.